The van der Waals surface area contributed by atoms with Gasteiger partial charge in [0.1, 0.15) is 5.54 Å². The molecular formula is C20H16N4O5. The van der Waals surface area contributed by atoms with E-state index in [1.54, 1.807) is 31.2 Å². The van der Waals surface area contributed by atoms with E-state index in [2.05, 4.69) is 10.6 Å². The van der Waals surface area contributed by atoms with Crippen LogP contribution in [0.1, 0.15) is 12.5 Å². The SMILES string of the molecule is C[C@H]1N[C@]2(C(=O)Nc3ccccc32)[C@@H]2C(=O)N(c3cccc([N+](=O)[O-])c3)C(=O)[C@H]21. The fourth-order valence-corrected chi connectivity index (χ4v) is 4.92. The van der Waals surface area contributed by atoms with Crippen molar-refractivity contribution in [2.24, 2.45) is 11.8 Å². The topological polar surface area (TPSA) is 122 Å². The number of benzene rings is 2. The number of amides is 3. The lowest BCUT2D eigenvalue weighted by atomic mass is 9.76. The zero-order valence-electron chi connectivity index (χ0n) is 15.3. The fourth-order valence-electron chi connectivity index (χ4n) is 4.92. The normalized spacial score (nSPS) is 29.9. The van der Waals surface area contributed by atoms with Crippen LogP contribution in [0.3, 0.4) is 0 Å². The molecule has 9 nitrogen and oxygen atoms in total. The summed E-state index contributed by atoms with van der Waals surface area (Å²) in [5, 5.41) is 17.1. The van der Waals surface area contributed by atoms with Crippen molar-refractivity contribution in [2.75, 3.05) is 10.2 Å². The summed E-state index contributed by atoms with van der Waals surface area (Å²) >= 11 is 0. The lowest BCUT2D eigenvalue weighted by Crippen LogP contribution is -2.53. The number of imide groups is 1. The van der Waals surface area contributed by atoms with Crippen molar-refractivity contribution in [1.29, 1.82) is 0 Å². The molecule has 2 aromatic carbocycles. The van der Waals surface area contributed by atoms with Gasteiger partial charge in [0.05, 0.1) is 22.4 Å². The molecule has 146 valence electrons. The molecule has 0 bridgehead atoms. The molecule has 3 aliphatic rings. The number of hydrogen-bond acceptors (Lipinski definition) is 6. The van der Waals surface area contributed by atoms with Crippen LogP contribution < -0.4 is 15.5 Å². The zero-order chi connectivity index (χ0) is 20.5. The van der Waals surface area contributed by atoms with E-state index in [1.165, 1.54) is 24.3 Å². The molecule has 1 spiro atoms. The number of nitrogens with zero attached hydrogens (tertiary/aromatic N) is 2. The summed E-state index contributed by atoms with van der Waals surface area (Å²) in [7, 11) is 0. The van der Waals surface area contributed by atoms with E-state index in [4.69, 9.17) is 0 Å². The Labute approximate surface area is 164 Å². The summed E-state index contributed by atoms with van der Waals surface area (Å²) in [4.78, 5) is 51.2. The van der Waals surface area contributed by atoms with E-state index in [1.807, 2.05) is 0 Å². The minimum Gasteiger partial charge on any atom is -0.324 e. The molecule has 29 heavy (non-hydrogen) atoms. The number of carbonyl (C=O) groups excluding carboxylic acids is 3. The second-order valence-electron chi connectivity index (χ2n) is 7.53. The van der Waals surface area contributed by atoms with Gasteiger partial charge < -0.3 is 5.32 Å². The van der Waals surface area contributed by atoms with Gasteiger partial charge in [-0.3, -0.25) is 29.8 Å². The molecule has 0 aliphatic carbocycles. The second kappa shape index (κ2) is 5.71. The summed E-state index contributed by atoms with van der Waals surface area (Å²) in [6, 6.07) is 12.0. The largest absolute Gasteiger partial charge is 0.324 e. The van der Waals surface area contributed by atoms with Crippen molar-refractivity contribution < 1.29 is 19.3 Å². The van der Waals surface area contributed by atoms with Gasteiger partial charge in [0.15, 0.2) is 0 Å². The van der Waals surface area contributed by atoms with Gasteiger partial charge >= 0.3 is 0 Å². The van der Waals surface area contributed by atoms with Gasteiger partial charge in [0.2, 0.25) is 17.7 Å². The lowest BCUT2D eigenvalue weighted by Gasteiger charge is -2.29. The minimum absolute atomic E-state index is 0.137. The number of carbonyl (C=O) groups is 3. The van der Waals surface area contributed by atoms with Crippen LogP contribution in [0.5, 0.6) is 0 Å². The van der Waals surface area contributed by atoms with Crippen LogP contribution >= 0.6 is 0 Å². The highest BCUT2D eigenvalue weighted by atomic mass is 16.6. The average molecular weight is 392 g/mol. The molecule has 2 saturated heterocycles. The standard InChI is InChI=1S/C20H16N4O5/c1-10-15-16(20(22-10)13-7-2-3-8-14(13)21-19(20)27)18(26)23(17(15)25)11-5-4-6-12(9-11)24(28)29/h2-10,15-16,22H,1H3,(H,21,27)/t10-,15+,16+,20+/m1/s1. The number of hydrogen-bond donors (Lipinski definition) is 2. The Morgan fingerprint density at radius 3 is 2.59 bits per heavy atom. The summed E-state index contributed by atoms with van der Waals surface area (Å²) < 4.78 is 0. The number of nitro benzene ring substituents is 1. The van der Waals surface area contributed by atoms with E-state index in [-0.39, 0.29) is 17.3 Å². The predicted molar refractivity (Wildman–Crippen MR) is 102 cm³/mol. The molecule has 9 heteroatoms. The highest BCUT2D eigenvalue weighted by Crippen LogP contribution is 2.53. The van der Waals surface area contributed by atoms with E-state index in [0.29, 0.717) is 11.3 Å². The summed E-state index contributed by atoms with van der Waals surface area (Å²) in [6.07, 6.45) is 0. The van der Waals surface area contributed by atoms with E-state index in [0.717, 1.165) is 4.90 Å². The third kappa shape index (κ3) is 2.10. The van der Waals surface area contributed by atoms with E-state index in [9.17, 15) is 24.5 Å². The monoisotopic (exact) mass is 392 g/mol. The average Bonchev–Trinajstić information content (AvgIpc) is 3.26. The van der Waals surface area contributed by atoms with Gasteiger partial charge in [-0.2, -0.15) is 0 Å². The van der Waals surface area contributed by atoms with Crippen molar-refractivity contribution in [2.45, 2.75) is 18.5 Å². The molecule has 0 radical (unpaired) electrons. The third-order valence-corrected chi connectivity index (χ3v) is 6.07. The Hall–Kier alpha value is -3.59. The van der Waals surface area contributed by atoms with Gasteiger partial charge in [0, 0.05) is 29.4 Å². The molecule has 0 aromatic heterocycles. The van der Waals surface area contributed by atoms with Crippen LogP contribution in [0.4, 0.5) is 17.1 Å². The number of nitro groups is 1. The predicted octanol–water partition coefficient (Wildman–Crippen LogP) is 1.54. The summed E-state index contributed by atoms with van der Waals surface area (Å²) in [6.45, 7) is 1.77. The van der Waals surface area contributed by atoms with E-state index < -0.39 is 40.2 Å². The Bertz CT molecular complexity index is 1120. The van der Waals surface area contributed by atoms with Crippen molar-refractivity contribution >= 4 is 34.8 Å². The van der Waals surface area contributed by atoms with Crippen LogP contribution in [-0.4, -0.2) is 28.7 Å². The maximum atomic E-state index is 13.5. The minimum atomic E-state index is -1.34. The smallest absolute Gasteiger partial charge is 0.271 e. The molecule has 0 saturated carbocycles. The molecule has 2 aromatic rings. The molecule has 2 fully saturated rings. The third-order valence-electron chi connectivity index (χ3n) is 6.07. The molecular weight excluding hydrogens is 376 g/mol. The fraction of sp³-hybridized carbons (Fsp3) is 0.250. The van der Waals surface area contributed by atoms with Crippen LogP contribution in [0.2, 0.25) is 0 Å². The summed E-state index contributed by atoms with van der Waals surface area (Å²) in [5.74, 6) is -3.06. The molecule has 4 atom stereocenters. The molecule has 2 N–H and O–H groups in total. The first-order valence-electron chi connectivity index (χ1n) is 9.17. The van der Waals surface area contributed by atoms with Gasteiger partial charge in [-0.15, -0.1) is 0 Å². The van der Waals surface area contributed by atoms with Gasteiger partial charge in [-0.25, -0.2) is 4.90 Å². The van der Waals surface area contributed by atoms with Crippen molar-refractivity contribution in [3.8, 4) is 0 Å². The quantitative estimate of drug-likeness (QED) is 0.454. The molecule has 5 rings (SSSR count). The number of nitrogens with one attached hydrogen (secondary N) is 2. The molecule has 3 heterocycles. The maximum absolute atomic E-state index is 13.5. The van der Waals surface area contributed by atoms with Crippen molar-refractivity contribution in [3.05, 3.63) is 64.2 Å². The summed E-state index contributed by atoms with van der Waals surface area (Å²) in [5.41, 5.74) is -0.191. The van der Waals surface area contributed by atoms with Gasteiger partial charge in [-0.05, 0) is 19.1 Å². The Kier molecular flexibility index (Phi) is 3.45. The zero-order valence-corrected chi connectivity index (χ0v) is 15.3. The number of non-ortho nitro benzene ring substituents is 1. The number of rotatable bonds is 2. The van der Waals surface area contributed by atoms with Crippen molar-refractivity contribution in [1.82, 2.24) is 5.32 Å². The first-order valence-corrected chi connectivity index (χ1v) is 9.17. The number of para-hydroxylation sites is 1. The van der Waals surface area contributed by atoms with Gasteiger partial charge in [0.25, 0.3) is 5.69 Å². The molecule has 0 unspecified atom stereocenters. The second-order valence-corrected chi connectivity index (χ2v) is 7.53. The molecule has 3 amide bonds. The molecule has 3 aliphatic heterocycles. The highest BCUT2D eigenvalue weighted by Gasteiger charge is 2.69. The number of fused-ring (bicyclic) bond motifs is 4. The van der Waals surface area contributed by atoms with Crippen molar-refractivity contribution in [3.63, 3.8) is 0 Å². The van der Waals surface area contributed by atoms with Crippen LogP contribution in [0, 0.1) is 22.0 Å². The van der Waals surface area contributed by atoms with Crippen LogP contribution in [-0.2, 0) is 19.9 Å². The first kappa shape index (κ1) is 17.5. The van der Waals surface area contributed by atoms with Crippen LogP contribution in [0.25, 0.3) is 0 Å². The van der Waals surface area contributed by atoms with Gasteiger partial charge in [-0.1, -0.05) is 24.3 Å². The first-order chi connectivity index (χ1) is 13.9. The number of anilines is 2. The maximum Gasteiger partial charge on any atom is 0.271 e. The van der Waals surface area contributed by atoms with E-state index >= 15 is 0 Å². The Morgan fingerprint density at radius 2 is 1.83 bits per heavy atom. The Morgan fingerprint density at radius 1 is 1.07 bits per heavy atom. The van der Waals surface area contributed by atoms with Crippen LogP contribution in [0.15, 0.2) is 48.5 Å². The highest BCUT2D eigenvalue weighted by molar-refractivity contribution is 6.25. The Balaban J connectivity index is 1.64. The lowest BCUT2D eigenvalue weighted by molar-refractivity contribution is -0.384.